The molecule has 0 spiro atoms. The first-order chi connectivity index (χ1) is 6.57. The highest BCUT2D eigenvalue weighted by atomic mass is 16.4. The molecule has 0 radical (unpaired) electrons. The Labute approximate surface area is 87.0 Å². The zero-order valence-corrected chi connectivity index (χ0v) is 9.66. The third kappa shape index (κ3) is 2.17. The predicted molar refractivity (Wildman–Crippen MR) is 62.0 cm³/mol. The lowest BCUT2D eigenvalue weighted by atomic mass is 9.67. The number of nitrogens with zero attached hydrogens (tertiary/aromatic N) is 1. The van der Waals surface area contributed by atoms with Gasteiger partial charge in [-0.1, -0.05) is 29.3 Å². The Hall–Kier alpha value is -0.795. The van der Waals surface area contributed by atoms with Gasteiger partial charge in [0.1, 0.15) is 0 Å². The summed E-state index contributed by atoms with van der Waals surface area (Å²) in [4.78, 5) is 2.08. The summed E-state index contributed by atoms with van der Waals surface area (Å²) >= 11 is 0. The van der Waals surface area contributed by atoms with Crippen LogP contribution in [0, 0.1) is 13.8 Å². The number of hydrogen-bond acceptors (Lipinski definition) is 2. The average molecular weight is 191 g/mol. The van der Waals surface area contributed by atoms with Gasteiger partial charge in [0, 0.05) is 7.11 Å². The second kappa shape index (κ2) is 4.62. The lowest BCUT2D eigenvalue weighted by Crippen LogP contribution is -2.48. The second-order valence-electron chi connectivity index (χ2n) is 3.86. The van der Waals surface area contributed by atoms with Gasteiger partial charge in [-0.05, 0) is 33.4 Å². The average Bonchev–Trinajstić information content (AvgIpc) is 2.10. The molecule has 1 aromatic rings. The fourth-order valence-corrected chi connectivity index (χ4v) is 1.80. The van der Waals surface area contributed by atoms with Crippen LogP contribution in [0.1, 0.15) is 11.1 Å². The van der Waals surface area contributed by atoms with Gasteiger partial charge in [0.2, 0.25) is 0 Å². The third-order valence-electron chi connectivity index (χ3n) is 2.48. The summed E-state index contributed by atoms with van der Waals surface area (Å²) in [5.41, 5.74) is 3.84. The molecule has 0 amide bonds. The largest absolute Gasteiger partial charge is 0.420 e. The normalized spacial score (nSPS) is 10.7. The van der Waals surface area contributed by atoms with Crippen molar-refractivity contribution < 1.29 is 4.65 Å². The summed E-state index contributed by atoms with van der Waals surface area (Å²) in [6, 6.07) is 6.33. The van der Waals surface area contributed by atoms with Gasteiger partial charge in [-0.25, -0.2) is 0 Å². The van der Waals surface area contributed by atoms with E-state index in [1.54, 1.807) is 7.11 Å². The van der Waals surface area contributed by atoms with E-state index in [2.05, 4.69) is 36.9 Å². The van der Waals surface area contributed by atoms with Crippen LogP contribution in [-0.2, 0) is 4.65 Å². The molecule has 14 heavy (non-hydrogen) atoms. The van der Waals surface area contributed by atoms with Gasteiger partial charge in [-0.2, -0.15) is 0 Å². The first-order valence-corrected chi connectivity index (χ1v) is 4.83. The maximum Gasteiger partial charge on any atom is 0.418 e. The molecular formula is C11H18BNO. The molecule has 0 aliphatic heterocycles. The maximum atomic E-state index is 5.49. The van der Waals surface area contributed by atoms with Crippen molar-refractivity contribution in [2.45, 2.75) is 13.8 Å². The summed E-state index contributed by atoms with van der Waals surface area (Å²) < 4.78 is 5.49. The van der Waals surface area contributed by atoms with Crippen LogP contribution < -0.4 is 5.46 Å². The molecule has 0 aromatic heterocycles. The first kappa shape index (κ1) is 11.3. The van der Waals surface area contributed by atoms with Crippen LogP contribution in [0.25, 0.3) is 0 Å². The summed E-state index contributed by atoms with van der Waals surface area (Å²) in [7, 11) is 5.85. The van der Waals surface area contributed by atoms with Crippen molar-refractivity contribution in [3.05, 3.63) is 29.3 Å². The number of benzene rings is 1. The molecule has 3 heteroatoms. The molecule has 0 unspecified atom stereocenters. The molecule has 0 saturated carbocycles. The van der Waals surface area contributed by atoms with E-state index in [-0.39, 0.29) is 7.05 Å². The van der Waals surface area contributed by atoms with E-state index in [0.717, 1.165) is 0 Å². The molecule has 76 valence electrons. The van der Waals surface area contributed by atoms with Gasteiger partial charge in [0.15, 0.2) is 0 Å². The summed E-state index contributed by atoms with van der Waals surface area (Å²) in [5, 5.41) is 0. The van der Waals surface area contributed by atoms with E-state index in [0.29, 0.717) is 0 Å². The monoisotopic (exact) mass is 191 g/mol. The maximum absolute atomic E-state index is 5.49. The van der Waals surface area contributed by atoms with E-state index in [1.807, 2.05) is 14.1 Å². The lowest BCUT2D eigenvalue weighted by Gasteiger charge is -2.21. The van der Waals surface area contributed by atoms with Crippen LogP contribution in [0.15, 0.2) is 18.2 Å². The van der Waals surface area contributed by atoms with Crippen LogP contribution in [0.5, 0.6) is 0 Å². The number of rotatable bonds is 3. The molecule has 0 heterocycles. The zero-order chi connectivity index (χ0) is 10.7. The van der Waals surface area contributed by atoms with Gasteiger partial charge in [0.05, 0.1) is 0 Å². The summed E-state index contributed by atoms with van der Waals surface area (Å²) in [6.07, 6.45) is 0. The van der Waals surface area contributed by atoms with Gasteiger partial charge < -0.3 is 9.47 Å². The molecule has 2 nitrogen and oxygen atoms in total. The highest BCUT2D eigenvalue weighted by Gasteiger charge is 2.23. The molecule has 0 atom stereocenters. The summed E-state index contributed by atoms with van der Waals surface area (Å²) in [6.45, 7) is 4.25. The Balaban J connectivity index is 3.15. The fraction of sp³-hybridized carbons (Fsp3) is 0.455. The van der Waals surface area contributed by atoms with Crippen LogP contribution in [0.2, 0.25) is 0 Å². The van der Waals surface area contributed by atoms with Crippen LogP contribution >= 0.6 is 0 Å². The van der Waals surface area contributed by atoms with Crippen molar-refractivity contribution in [2.24, 2.45) is 0 Å². The smallest absolute Gasteiger partial charge is 0.418 e. The topological polar surface area (TPSA) is 12.5 Å². The van der Waals surface area contributed by atoms with Crippen LogP contribution in [0.4, 0.5) is 0 Å². The van der Waals surface area contributed by atoms with E-state index in [9.17, 15) is 0 Å². The Morgan fingerprint density at radius 3 is 2.00 bits per heavy atom. The highest BCUT2D eigenvalue weighted by Crippen LogP contribution is 2.04. The molecule has 0 fully saturated rings. The van der Waals surface area contributed by atoms with E-state index in [4.69, 9.17) is 4.65 Å². The van der Waals surface area contributed by atoms with E-state index < -0.39 is 0 Å². The van der Waals surface area contributed by atoms with E-state index >= 15 is 0 Å². The minimum absolute atomic E-state index is 0.0520. The van der Waals surface area contributed by atoms with Crippen molar-refractivity contribution in [1.82, 2.24) is 4.81 Å². The SMILES string of the molecule is COB(c1c(C)cccc1C)N(C)C. The van der Waals surface area contributed by atoms with Gasteiger partial charge in [-0.3, -0.25) is 0 Å². The minimum Gasteiger partial charge on any atom is -0.420 e. The molecule has 1 rings (SSSR count). The Morgan fingerprint density at radius 2 is 1.64 bits per heavy atom. The Kier molecular flexibility index (Phi) is 3.73. The zero-order valence-electron chi connectivity index (χ0n) is 9.66. The molecular weight excluding hydrogens is 173 g/mol. The van der Waals surface area contributed by atoms with Crippen molar-refractivity contribution in [2.75, 3.05) is 21.2 Å². The van der Waals surface area contributed by atoms with Crippen molar-refractivity contribution in [1.29, 1.82) is 0 Å². The molecule has 0 aliphatic carbocycles. The van der Waals surface area contributed by atoms with E-state index in [1.165, 1.54) is 16.6 Å². The molecule has 0 aliphatic rings. The fourth-order valence-electron chi connectivity index (χ4n) is 1.80. The molecule has 0 saturated heterocycles. The van der Waals surface area contributed by atoms with Crippen LogP contribution in [0.3, 0.4) is 0 Å². The van der Waals surface area contributed by atoms with Gasteiger partial charge in [-0.15, -0.1) is 0 Å². The van der Waals surface area contributed by atoms with Crippen LogP contribution in [-0.4, -0.2) is 33.1 Å². The second-order valence-corrected chi connectivity index (χ2v) is 3.86. The quantitative estimate of drug-likeness (QED) is 0.665. The molecule has 0 N–H and O–H groups in total. The summed E-state index contributed by atoms with van der Waals surface area (Å²) in [5.74, 6) is 0. The third-order valence-corrected chi connectivity index (χ3v) is 2.48. The van der Waals surface area contributed by atoms with Gasteiger partial charge >= 0.3 is 7.05 Å². The molecule has 1 aromatic carbocycles. The Bertz CT molecular complexity index is 292. The first-order valence-electron chi connectivity index (χ1n) is 4.83. The van der Waals surface area contributed by atoms with Gasteiger partial charge in [0.25, 0.3) is 0 Å². The standard InChI is InChI=1S/C11H18BNO/c1-9-7-6-8-10(2)11(9)12(14-5)13(3)4/h6-8H,1-5H3. The minimum atomic E-state index is 0.0520. The Morgan fingerprint density at radius 1 is 1.14 bits per heavy atom. The molecule has 0 bridgehead atoms. The highest BCUT2D eigenvalue weighted by molar-refractivity contribution is 6.65. The predicted octanol–water partition coefficient (Wildman–Crippen LogP) is 1.21. The van der Waals surface area contributed by atoms with Crippen molar-refractivity contribution >= 4 is 12.5 Å². The van der Waals surface area contributed by atoms with Crippen molar-refractivity contribution in [3.8, 4) is 0 Å². The number of aryl methyl sites for hydroxylation is 2. The van der Waals surface area contributed by atoms with Crippen molar-refractivity contribution in [3.63, 3.8) is 0 Å². The number of hydrogen-bond donors (Lipinski definition) is 0. The lowest BCUT2D eigenvalue weighted by molar-refractivity contribution is 0.375.